The van der Waals surface area contributed by atoms with Gasteiger partial charge >= 0.3 is 0 Å². The molecule has 0 unspecified atom stereocenters. The lowest BCUT2D eigenvalue weighted by molar-refractivity contribution is -0.118. The summed E-state index contributed by atoms with van der Waals surface area (Å²) in [6, 6.07) is 0. The second-order valence-corrected chi connectivity index (χ2v) is 5.93. The number of nitrogens with one attached hydrogen (secondary N) is 1. The van der Waals surface area contributed by atoms with Crippen LogP contribution in [0.15, 0.2) is 0 Å². The number of carbonyl (C=O) groups is 1. The maximum Gasteiger partial charge on any atom is 0.267 e. The molecule has 0 rings (SSSR count). The molecular formula is C9H19NO5S. The predicted octanol–water partition coefficient (Wildman–Crippen LogP) is -0.370. The Morgan fingerprint density at radius 3 is 2.44 bits per heavy atom. The standard InChI is InChI=1S/C9H19NO5S/c1-8(11)10-5-4-6-16(13,14)15-7-9(2,3)12/h12H,4-7H2,1-3H3,(H,10,11). The molecule has 0 aliphatic rings. The molecule has 0 radical (unpaired) electrons. The van der Waals surface area contributed by atoms with Crippen molar-refractivity contribution in [2.45, 2.75) is 32.8 Å². The molecule has 0 aromatic heterocycles. The van der Waals surface area contributed by atoms with E-state index in [1.807, 2.05) is 0 Å². The van der Waals surface area contributed by atoms with E-state index in [2.05, 4.69) is 9.50 Å². The molecule has 96 valence electrons. The zero-order chi connectivity index (χ0) is 12.8. The van der Waals surface area contributed by atoms with E-state index in [1.54, 1.807) is 0 Å². The van der Waals surface area contributed by atoms with Crippen molar-refractivity contribution in [1.82, 2.24) is 5.32 Å². The molecule has 0 saturated heterocycles. The van der Waals surface area contributed by atoms with Gasteiger partial charge in [-0.15, -0.1) is 0 Å². The SMILES string of the molecule is CC(=O)NCCCS(=O)(=O)OCC(C)(C)O. The molecule has 7 heteroatoms. The summed E-state index contributed by atoms with van der Waals surface area (Å²) >= 11 is 0. The van der Waals surface area contributed by atoms with Crippen molar-refractivity contribution in [2.75, 3.05) is 18.9 Å². The van der Waals surface area contributed by atoms with E-state index in [-0.39, 0.29) is 24.7 Å². The van der Waals surface area contributed by atoms with E-state index in [0.717, 1.165) is 0 Å². The zero-order valence-electron chi connectivity index (χ0n) is 9.82. The Morgan fingerprint density at radius 2 is 2.00 bits per heavy atom. The van der Waals surface area contributed by atoms with Crippen molar-refractivity contribution in [2.24, 2.45) is 0 Å². The van der Waals surface area contributed by atoms with Crippen molar-refractivity contribution < 1.29 is 22.5 Å². The number of aliphatic hydroxyl groups is 1. The van der Waals surface area contributed by atoms with Crippen LogP contribution in [0.2, 0.25) is 0 Å². The van der Waals surface area contributed by atoms with Crippen LogP contribution in [0.5, 0.6) is 0 Å². The van der Waals surface area contributed by atoms with Crippen LogP contribution in [0.1, 0.15) is 27.2 Å². The molecule has 0 bridgehead atoms. The fourth-order valence-electron chi connectivity index (χ4n) is 0.806. The molecule has 0 aromatic rings. The van der Waals surface area contributed by atoms with Gasteiger partial charge in [-0.3, -0.25) is 8.98 Å². The summed E-state index contributed by atoms with van der Waals surface area (Å²) < 4.78 is 27.2. The Labute approximate surface area is 96.1 Å². The Bertz CT molecular complexity index is 317. The molecule has 6 nitrogen and oxygen atoms in total. The van der Waals surface area contributed by atoms with Crippen LogP contribution in [-0.4, -0.2) is 43.9 Å². The molecule has 0 saturated carbocycles. The van der Waals surface area contributed by atoms with Gasteiger partial charge in [0, 0.05) is 13.5 Å². The van der Waals surface area contributed by atoms with Gasteiger partial charge < -0.3 is 10.4 Å². The zero-order valence-corrected chi connectivity index (χ0v) is 10.6. The summed E-state index contributed by atoms with van der Waals surface area (Å²) in [4.78, 5) is 10.5. The van der Waals surface area contributed by atoms with E-state index in [1.165, 1.54) is 20.8 Å². The highest BCUT2D eigenvalue weighted by Gasteiger charge is 2.18. The Morgan fingerprint density at radius 1 is 1.44 bits per heavy atom. The van der Waals surface area contributed by atoms with E-state index in [9.17, 15) is 18.3 Å². The van der Waals surface area contributed by atoms with Crippen LogP contribution in [0.3, 0.4) is 0 Å². The van der Waals surface area contributed by atoms with Crippen molar-refractivity contribution >= 4 is 16.0 Å². The van der Waals surface area contributed by atoms with Gasteiger partial charge in [0.2, 0.25) is 5.91 Å². The van der Waals surface area contributed by atoms with Crippen molar-refractivity contribution in [1.29, 1.82) is 0 Å². The highest BCUT2D eigenvalue weighted by molar-refractivity contribution is 7.86. The topological polar surface area (TPSA) is 92.7 Å². The van der Waals surface area contributed by atoms with Gasteiger partial charge in [0.05, 0.1) is 18.0 Å². The highest BCUT2D eigenvalue weighted by atomic mass is 32.2. The van der Waals surface area contributed by atoms with E-state index < -0.39 is 15.7 Å². The summed E-state index contributed by atoms with van der Waals surface area (Å²) in [6.45, 7) is 4.30. The summed E-state index contributed by atoms with van der Waals surface area (Å²) in [5, 5.41) is 11.8. The van der Waals surface area contributed by atoms with Crippen LogP contribution in [0, 0.1) is 0 Å². The van der Waals surface area contributed by atoms with Crippen molar-refractivity contribution in [3.63, 3.8) is 0 Å². The molecule has 0 aliphatic carbocycles. The molecular weight excluding hydrogens is 234 g/mol. The Balaban J connectivity index is 3.84. The van der Waals surface area contributed by atoms with Crippen molar-refractivity contribution in [3.8, 4) is 0 Å². The number of rotatable bonds is 7. The fraction of sp³-hybridized carbons (Fsp3) is 0.889. The minimum absolute atomic E-state index is 0.177. The molecule has 0 aliphatic heterocycles. The van der Waals surface area contributed by atoms with Crippen LogP contribution in [-0.2, 0) is 19.1 Å². The van der Waals surface area contributed by atoms with Gasteiger partial charge in [0.15, 0.2) is 0 Å². The minimum atomic E-state index is -3.62. The first-order valence-electron chi connectivity index (χ1n) is 4.96. The Kier molecular flexibility index (Phi) is 5.91. The molecule has 0 aromatic carbocycles. The third kappa shape index (κ3) is 9.88. The normalized spacial score (nSPS) is 12.5. The van der Waals surface area contributed by atoms with E-state index in [0.29, 0.717) is 6.54 Å². The lowest BCUT2D eigenvalue weighted by Gasteiger charge is -2.16. The third-order valence-corrected chi connectivity index (χ3v) is 2.80. The second kappa shape index (κ2) is 6.17. The minimum Gasteiger partial charge on any atom is -0.388 e. The first-order valence-corrected chi connectivity index (χ1v) is 6.54. The molecule has 0 spiro atoms. The maximum absolute atomic E-state index is 11.3. The lowest BCUT2D eigenvalue weighted by Crippen LogP contribution is -2.29. The lowest BCUT2D eigenvalue weighted by atomic mass is 10.2. The predicted molar refractivity (Wildman–Crippen MR) is 59.3 cm³/mol. The molecule has 2 N–H and O–H groups in total. The van der Waals surface area contributed by atoms with E-state index >= 15 is 0 Å². The van der Waals surface area contributed by atoms with Gasteiger partial charge in [-0.25, -0.2) is 0 Å². The average Bonchev–Trinajstić information content (AvgIpc) is 2.08. The molecule has 0 fully saturated rings. The van der Waals surface area contributed by atoms with Gasteiger partial charge in [-0.1, -0.05) is 0 Å². The third-order valence-electron chi connectivity index (χ3n) is 1.54. The maximum atomic E-state index is 11.3. The largest absolute Gasteiger partial charge is 0.388 e. The van der Waals surface area contributed by atoms with Gasteiger partial charge in [0.25, 0.3) is 10.1 Å². The molecule has 1 amide bonds. The van der Waals surface area contributed by atoms with Gasteiger partial charge in [0.1, 0.15) is 0 Å². The number of carbonyl (C=O) groups excluding carboxylic acids is 1. The Hall–Kier alpha value is -0.660. The highest BCUT2D eigenvalue weighted by Crippen LogP contribution is 2.05. The van der Waals surface area contributed by atoms with Crippen molar-refractivity contribution in [3.05, 3.63) is 0 Å². The number of hydrogen-bond acceptors (Lipinski definition) is 5. The monoisotopic (exact) mass is 253 g/mol. The second-order valence-electron chi connectivity index (χ2n) is 4.17. The van der Waals surface area contributed by atoms with Crippen LogP contribution in [0.25, 0.3) is 0 Å². The molecule has 16 heavy (non-hydrogen) atoms. The van der Waals surface area contributed by atoms with E-state index in [4.69, 9.17) is 0 Å². The summed E-state index contributed by atoms with van der Waals surface area (Å²) in [5.41, 5.74) is -1.18. The summed E-state index contributed by atoms with van der Waals surface area (Å²) in [5.74, 6) is -0.376. The number of amides is 1. The van der Waals surface area contributed by atoms with Gasteiger partial charge in [-0.05, 0) is 20.3 Å². The smallest absolute Gasteiger partial charge is 0.267 e. The van der Waals surface area contributed by atoms with Crippen LogP contribution in [0.4, 0.5) is 0 Å². The average molecular weight is 253 g/mol. The molecule has 0 atom stereocenters. The summed E-state index contributed by atoms with van der Waals surface area (Å²) in [7, 11) is -3.62. The van der Waals surface area contributed by atoms with Crippen LogP contribution < -0.4 is 5.32 Å². The quantitative estimate of drug-likeness (QED) is 0.477. The first kappa shape index (κ1) is 15.3. The molecule has 0 heterocycles. The number of hydrogen-bond donors (Lipinski definition) is 2. The first-order chi connectivity index (χ1) is 7.12. The van der Waals surface area contributed by atoms with Gasteiger partial charge in [-0.2, -0.15) is 8.42 Å². The fourth-order valence-corrected chi connectivity index (χ4v) is 1.89. The van der Waals surface area contributed by atoms with Crippen LogP contribution >= 0.6 is 0 Å². The summed E-state index contributed by atoms with van der Waals surface area (Å²) in [6.07, 6.45) is 0.285.